The highest BCUT2D eigenvalue weighted by atomic mass is 16.5. The highest BCUT2D eigenvalue weighted by Crippen LogP contribution is 2.08. The Hall–Kier alpha value is -0.610. The van der Waals surface area contributed by atoms with E-state index in [9.17, 15) is 4.79 Å². The molecule has 0 aromatic heterocycles. The minimum absolute atomic E-state index is 0.0804. The number of cyclic esters (lactones) is 1. The number of ether oxygens (including phenoxy) is 1. The molecule has 1 atom stereocenters. The molecule has 1 unspecified atom stereocenters. The Morgan fingerprint density at radius 2 is 2.55 bits per heavy atom. The summed E-state index contributed by atoms with van der Waals surface area (Å²) in [6.45, 7) is 3.95. The molecule has 11 heavy (non-hydrogen) atoms. The van der Waals surface area contributed by atoms with E-state index in [1.54, 1.807) is 0 Å². The summed E-state index contributed by atoms with van der Waals surface area (Å²) in [4.78, 5) is 13.0. The van der Waals surface area contributed by atoms with Crippen LogP contribution in [-0.4, -0.2) is 49.7 Å². The zero-order chi connectivity index (χ0) is 7.68. The molecule has 0 spiro atoms. The van der Waals surface area contributed by atoms with Gasteiger partial charge in [0.15, 0.2) is 0 Å². The Morgan fingerprint density at radius 1 is 1.64 bits per heavy atom. The predicted octanol–water partition coefficient (Wildman–Crippen LogP) is -1.18. The van der Waals surface area contributed by atoms with Crippen LogP contribution in [0, 0.1) is 0 Å². The van der Waals surface area contributed by atoms with Crippen LogP contribution < -0.4 is 5.32 Å². The third-order valence-corrected chi connectivity index (χ3v) is 2.24. The molecule has 0 saturated carbocycles. The molecule has 2 aliphatic heterocycles. The van der Waals surface area contributed by atoms with E-state index >= 15 is 0 Å². The van der Waals surface area contributed by atoms with Gasteiger partial charge in [-0.1, -0.05) is 0 Å². The minimum Gasteiger partial charge on any atom is -0.463 e. The number of piperazine rings is 1. The molecule has 2 aliphatic rings. The molecule has 0 amide bonds. The van der Waals surface area contributed by atoms with Gasteiger partial charge in [0, 0.05) is 19.6 Å². The molecular formula is C7H12N2O2. The lowest BCUT2D eigenvalue weighted by molar-refractivity contribution is -0.155. The molecule has 2 rings (SSSR count). The molecule has 62 valence electrons. The first-order valence-corrected chi connectivity index (χ1v) is 3.96. The number of nitrogens with zero attached hydrogens (tertiary/aromatic N) is 1. The first-order valence-electron chi connectivity index (χ1n) is 3.96. The summed E-state index contributed by atoms with van der Waals surface area (Å²) in [7, 11) is 0. The first kappa shape index (κ1) is 7.06. The summed E-state index contributed by atoms with van der Waals surface area (Å²) in [6, 6.07) is 0.418. The third-order valence-electron chi connectivity index (χ3n) is 2.24. The van der Waals surface area contributed by atoms with Crippen LogP contribution in [0.4, 0.5) is 0 Å². The van der Waals surface area contributed by atoms with Crippen molar-refractivity contribution in [2.45, 2.75) is 6.04 Å². The standard InChI is InChI=1S/C7H12N2O2/c10-7-4-9-2-1-8-3-6(9)5-11-7/h6,8H,1-5H2. The van der Waals surface area contributed by atoms with Crippen molar-refractivity contribution < 1.29 is 9.53 Å². The maximum atomic E-state index is 10.8. The van der Waals surface area contributed by atoms with Crippen LogP contribution >= 0.6 is 0 Å². The average Bonchev–Trinajstić information content (AvgIpc) is 2.04. The normalized spacial score (nSPS) is 32.7. The lowest BCUT2D eigenvalue weighted by Gasteiger charge is -2.38. The Balaban J connectivity index is 1.98. The van der Waals surface area contributed by atoms with Crippen LogP contribution in [0.2, 0.25) is 0 Å². The van der Waals surface area contributed by atoms with Crippen molar-refractivity contribution in [2.75, 3.05) is 32.8 Å². The third kappa shape index (κ3) is 1.36. The summed E-state index contributed by atoms with van der Waals surface area (Å²) in [5.74, 6) is -0.0804. The highest BCUT2D eigenvalue weighted by Gasteiger charge is 2.29. The van der Waals surface area contributed by atoms with Gasteiger partial charge in [-0.2, -0.15) is 0 Å². The van der Waals surface area contributed by atoms with Gasteiger partial charge in [-0.3, -0.25) is 9.69 Å². The Labute approximate surface area is 65.5 Å². The number of hydrogen-bond donors (Lipinski definition) is 1. The largest absolute Gasteiger partial charge is 0.463 e. The number of hydrogen-bond acceptors (Lipinski definition) is 4. The molecule has 2 fully saturated rings. The second-order valence-electron chi connectivity index (χ2n) is 3.01. The lowest BCUT2D eigenvalue weighted by atomic mass is 10.2. The molecule has 2 saturated heterocycles. The fourth-order valence-corrected chi connectivity index (χ4v) is 1.58. The summed E-state index contributed by atoms with van der Waals surface area (Å²) in [5.41, 5.74) is 0. The minimum atomic E-state index is -0.0804. The number of rotatable bonds is 0. The monoisotopic (exact) mass is 156 g/mol. The number of morpholine rings is 1. The van der Waals surface area contributed by atoms with E-state index in [0.717, 1.165) is 19.6 Å². The summed E-state index contributed by atoms with van der Waals surface area (Å²) >= 11 is 0. The van der Waals surface area contributed by atoms with E-state index in [2.05, 4.69) is 10.2 Å². The predicted molar refractivity (Wildman–Crippen MR) is 39.2 cm³/mol. The second kappa shape index (κ2) is 2.79. The van der Waals surface area contributed by atoms with Gasteiger partial charge in [0.05, 0.1) is 12.6 Å². The number of carbonyl (C=O) groups excluding carboxylic acids is 1. The smallest absolute Gasteiger partial charge is 0.320 e. The number of nitrogens with one attached hydrogen (secondary N) is 1. The van der Waals surface area contributed by atoms with Crippen LogP contribution in [-0.2, 0) is 9.53 Å². The van der Waals surface area contributed by atoms with Gasteiger partial charge in [-0.15, -0.1) is 0 Å². The lowest BCUT2D eigenvalue weighted by Crippen LogP contribution is -2.57. The van der Waals surface area contributed by atoms with Crippen LogP contribution in [0.5, 0.6) is 0 Å². The molecule has 2 heterocycles. The second-order valence-corrected chi connectivity index (χ2v) is 3.01. The number of carbonyl (C=O) groups is 1. The molecule has 0 aliphatic carbocycles. The summed E-state index contributed by atoms with van der Waals surface area (Å²) in [5, 5.41) is 3.27. The average molecular weight is 156 g/mol. The van der Waals surface area contributed by atoms with Crippen molar-refractivity contribution in [1.82, 2.24) is 10.2 Å². The molecular weight excluding hydrogens is 144 g/mol. The Bertz CT molecular complexity index is 172. The van der Waals surface area contributed by atoms with E-state index < -0.39 is 0 Å². The van der Waals surface area contributed by atoms with Crippen molar-refractivity contribution >= 4 is 5.97 Å². The first-order chi connectivity index (χ1) is 5.36. The van der Waals surface area contributed by atoms with E-state index in [1.807, 2.05) is 0 Å². The van der Waals surface area contributed by atoms with Crippen LogP contribution in [0.25, 0.3) is 0 Å². The fourth-order valence-electron chi connectivity index (χ4n) is 1.58. The molecule has 0 bridgehead atoms. The van der Waals surface area contributed by atoms with Gasteiger partial charge in [-0.05, 0) is 0 Å². The van der Waals surface area contributed by atoms with Gasteiger partial charge in [0.1, 0.15) is 6.61 Å². The molecule has 1 N–H and O–H groups in total. The van der Waals surface area contributed by atoms with Gasteiger partial charge in [-0.25, -0.2) is 0 Å². The van der Waals surface area contributed by atoms with Crippen LogP contribution in [0.15, 0.2) is 0 Å². The van der Waals surface area contributed by atoms with Crippen molar-refractivity contribution in [3.8, 4) is 0 Å². The molecule has 4 heteroatoms. The van der Waals surface area contributed by atoms with E-state index in [4.69, 9.17) is 4.74 Å². The SMILES string of the molecule is O=C1CN2CCNCC2CO1. The molecule has 4 nitrogen and oxygen atoms in total. The molecule has 0 aromatic carbocycles. The van der Waals surface area contributed by atoms with Crippen molar-refractivity contribution in [3.63, 3.8) is 0 Å². The summed E-state index contributed by atoms with van der Waals surface area (Å²) < 4.78 is 4.93. The van der Waals surface area contributed by atoms with Gasteiger partial charge >= 0.3 is 5.97 Å². The Morgan fingerprint density at radius 3 is 3.45 bits per heavy atom. The van der Waals surface area contributed by atoms with E-state index in [-0.39, 0.29) is 5.97 Å². The maximum Gasteiger partial charge on any atom is 0.320 e. The quantitative estimate of drug-likeness (QED) is 0.448. The van der Waals surface area contributed by atoms with Crippen LogP contribution in [0.1, 0.15) is 0 Å². The van der Waals surface area contributed by atoms with Gasteiger partial charge in [0.25, 0.3) is 0 Å². The zero-order valence-electron chi connectivity index (χ0n) is 6.38. The van der Waals surface area contributed by atoms with E-state index in [1.165, 1.54) is 0 Å². The molecule has 0 radical (unpaired) electrons. The fraction of sp³-hybridized carbons (Fsp3) is 0.857. The van der Waals surface area contributed by atoms with Crippen molar-refractivity contribution in [1.29, 1.82) is 0 Å². The topological polar surface area (TPSA) is 41.6 Å². The van der Waals surface area contributed by atoms with Gasteiger partial charge < -0.3 is 10.1 Å². The van der Waals surface area contributed by atoms with Crippen molar-refractivity contribution in [2.24, 2.45) is 0 Å². The molecule has 0 aromatic rings. The Kier molecular flexibility index (Phi) is 1.79. The van der Waals surface area contributed by atoms with Crippen molar-refractivity contribution in [3.05, 3.63) is 0 Å². The van der Waals surface area contributed by atoms with Gasteiger partial charge in [0.2, 0.25) is 0 Å². The maximum absolute atomic E-state index is 10.8. The summed E-state index contributed by atoms with van der Waals surface area (Å²) in [6.07, 6.45) is 0. The zero-order valence-corrected chi connectivity index (χ0v) is 6.38. The number of esters is 1. The highest BCUT2D eigenvalue weighted by molar-refractivity contribution is 5.72. The van der Waals surface area contributed by atoms with E-state index in [0.29, 0.717) is 19.2 Å². The van der Waals surface area contributed by atoms with Crippen LogP contribution in [0.3, 0.4) is 0 Å². The number of fused-ring (bicyclic) bond motifs is 1.